The molecule has 0 aliphatic carbocycles. The molecule has 0 radical (unpaired) electrons. The average molecular weight is 391 g/mol. The predicted octanol–water partition coefficient (Wildman–Crippen LogP) is 6.16. The molecule has 0 unspecified atom stereocenters. The molecule has 2 nitrogen and oxygen atoms in total. The Morgan fingerprint density at radius 1 is 0.680 bits per heavy atom. The smallest absolute Gasteiger partial charge is 0.0757 e. The molecule has 0 saturated carbocycles. The molecule has 152 valence electrons. The van der Waals surface area contributed by atoms with Crippen LogP contribution in [-0.4, -0.2) is 53.0 Å². The van der Waals surface area contributed by atoms with Crippen LogP contribution < -0.4 is 0 Å². The molecule has 0 amide bonds. The van der Waals surface area contributed by atoms with E-state index in [0.29, 0.717) is 4.32 Å². The first kappa shape index (κ1) is 27.3. The number of thiocarbonyl (C=S) groups is 1. The molecule has 0 rings (SSSR count). The highest BCUT2D eigenvalue weighted by Crippen LogP contribution is 2.06. The van der Waals surface area contributed by atoms with E-state index in [4.69, 9.17) is 24.8 Å². The molecule has 0 saturated heterocycles. The van der Waals surface area contributed by atoms with Gasteiger partial charge in [0.15, 0.2) is 0 Å². The van der Waals surface area contributed by atoms with Crippen molar-refractivity contribution < 1.29 is 4.48 Å². The Bertz CT molecular complexity index is 262. The van der Waals surface area contributed by atoms with E-state index in [1.54, 1.807) is 0 Å². The van der Waals surface area contributed by atoms with Gasteiger partial charge in [0.2, 0.25) is 0 Å². The van der Waals surface area contributed by atoms with Crippen LogP contribution in [0.15, 0.2) is 0 Å². The quantitative estimate of drug-likeness (QED) is 0.151. The first-order valence-corrected chi connectivity index (χ1v) is 11.6. The number of quaternary nitrogens is 1. The molecule has 0 aliphatic heterocycles. The number of hydrogen-bond acceptors (Lipinski definition) is 2. The van der Waals surface area contributed by atoms with Crippen molar-refractivity contribution in [2.24, 2.45) is 0 Å². The Kier molecular flexibility index (Phi) is 20.6. The van der Waals surface area contributed by atoms with Crippen LogP contribution in [0.3, 0.4) is 0 Å². The minimum absolute atomic E-state index is 0.660. The van der Waals surface area contributed by atoms with Gasteiger partial charge in [0.25, 0.3) is 0 Å². The van der Waals surface area contributed by atoms with Gasteiger partial charge in [-0.25, -0.2) is 0 Å². The summed E-state index contributed by atoms with van der Waals surface area (Å²) in [5, 5.41) is 0. The summed E-state index contributed by atoms with van der Waals surface area (Å²) in [6, 6.07) is 0. The lowest BCUT2D eigenvalue weighted by molar-refractivity contribution is -0.921. The summed E-state index contributed by atoms with van der Waals surface area (Å²) in [6.07, 6.45) is 10.3. The van der Waals surface area contributed by atoms with Crippen molar-refractivity contribution in [1.29, 1.82) is 0 Å². The van der Waals surface area contributed by atoms with Crippen LogP contribution in [0.4, 0.5) is 0 Å². The largest absolute Gasteiger partial charge is 0.411 e. The van der Waals surface area contributed by atoms with Gasteiger partial charge in [0, 0.05) is 13.1 Å². The zero-order chi connectivity index (χ0) is 19.6. The van der Waals surface area contributed by atoms with Gasteiger partial charge in [-0.15, -0.1) is 0 Å². The maximum Gasteiger partial charge on any atom is 0.0757 e. The molecular formula is C21H46N2S2. The summed E-state index contributed by atoms with van der Waals surface area (Å²) in [7, 11) is 0. The van der Waals surface area contributed by atoms with Gasteiger partial charge in [-0.3, -0.25) is 0 Å². The third-order valence-electron chi connectivity index (χ3n) is 5.50. The van der Waals surface area contributed by atoms with Crippen LogP contribution in [0, 0.1) is 0 Å². The highest BCUT2D eigenvalue weighted by atomic mass is 32.1. The highest BCUT2D eigenvalue weighted by molar-refractivity contribution is 8.00. The molecule has 0 N–H and O–H groups in total. The molecule has 0 spiro atoms. The Morgan fingerprint density at radius 2 is 1.04 bits per heavy atom. The van der Waals surface area contributed by atoms with Gasteiger partial charge in [0.1, 0.15) is 0 Å². The van der Waals surface area contributed by atoms with Crippen LogP contribution in [0.25, 0.3) is 0 Å². The third-order valence-corrected chi connectivity index (χ3v) is 6.02. The normalized spacial score (nSPS) is 11.0. The fourth-order valence-electron chi connectivity index (χ4n) is 3.09. The van der Waals surface area contributed by atoms with Gasteiger partial charge in [-0.2, -0.15) is 0 Å². The van der Waals surface area contributed by atoms with Gasteiger partial charge < -0.3 is 34.2 Å². The molecule has 25 heavy (non-hydrogen) atoms. The maximum atomic E-state index is 5.11. The lowest BCUT2D eigenvalue weighted by Crippen LogP contribution is -2.47. The minimum Gasteiger partial charge on any atom is -0.411 e. The molecule has 0 aromatic carbocycles. The van der Waals surface area contributed by atoms with E-state index in [2.05, 4.69) is 46.4 Å². The van der Waals surface area contributed by atoms with Crippen molar-refractivity contribution in [3.8, 4) is 0 Å². The predicted molar refractivity (Wildman–Crippen MR) is 122 cm³/mol. The van der Waals surface area contributed by atoms with E-state index in [1.807, 2.05) is 0 Å². The van der Waals surface area contributed by atoms with E-state index >= 15 is 0 Å². The first-order chi connectivity index (χ1) is 12.0. The minimum atomic E-state index is 0.660. The van der Waals surface area contributed by atoms with E-state index in [1.165, 1.54) is 82.0 Å². The second-order valence-electron chi connectivity index (χ2n) is 6.98. The van der Waals surface area contributed by atoms with Crippen LogP contribution >= 0.6 is 12.2 Å². The SMILES string of the molecule is CCCCCCN(CCCCCC)C(=S)[S-].CC[N+](CC)(CC)CC. The van der Waals surface area contributed by atoms with E-state index < -0.39 is 0 Å². The van der Waals surface area contributed by atoms with Crippen LogP contribution in [0.5, 0.6) is 0 Å². The van der Waals surface area contributed by atoms with E-state index in [0.717, 1.165) is 13.1 Å². The van der Waals surface area contributed by atoms with Gasteiger partial charge in [-0.05, 0) is 40.5 Å². The number of unbranched alkanes of at least 4 members (excludes halogenated alkanes) is 6. The molecule has 0 aromatic heterocycles. The fraction of sp³-hybridized carbons (Fsp3) is 0.952. The maximum absolute atomic E-state index is 5.11. The van der Waals surface area contributed by atoms with Crippen molar-refractivity contribution >= 4 is 29.2 Å². The Hall–Kier alpha value is 0.0700. The van der Waals surface area contributed by atoms with Gasteiger partial charge in [-0.1, -0.05) is 56.7 Å². The van der Waals surface area contributed by atoms with Crippen LogP contribution in [0.1, 0.15) is 92.9 Å². The molecule has 0 atom stereocenters. The molecular weight excluding hydrogens is 344 g/mol. The summed E-state index contributed by atoms with van der Waals surface area (Å²) < 4.78 is 1.94. The third kappa shape index (κ3) is 14.9. The second-order valence-corrected chi connectivity index (χ2v) is 8.01. The monoisotopic (exact) mass is 390 g/mol. The van der Waals surface area contributed by atoms with Gasteiger partial charge in [0.05, 0.1) is 26.2 Å². The zero-order valence-corrected chi connectivity index (χ0v) is 19.7. The summed E-state index contributed by atoms with van der Waals surface area (Å²) in [6.45, 7) is 20.8. The summed E-state index contributed by atoms with van der Waals surface area (Å²) in [5.74, 6) is 0. The first-order valence-electron chi connectivity index (χ1n) is 10.8. The molecule has 4 heteroatoms. The Labute approximate surface area is 170 Å². The van der Waals surface area contributed by atoms with Gasteiger partial charge >= 0.3 is 0 Å². The number of rotatable bonds is 14. The van der Waals surface area contributed by atoms with Crippen molar-refractivity contribution in [2.45, 2.75) is 92.9 Å². The number of hydrogen-bond donors (Lipinski definition) is 0. The van der Waals surface area contributed by atoms with Crippen LogP contribution in [-0.2, 0) is 12.6 Å². The van der Waals surface area contributed by atoms with E-state index in [9.17, 15) is 0 Å². The summed E-state index contributed by atoms with van der Waals surface area (Å²) in [4.78, 5) is 2.20. The molecule has 0 fully saturated rings. The van der Waals surface area contributed by atoms with Crippen molar-refractivity contribution in [1.82, 2.24) is 4.90 Å². The van der Waals surface area contributed by atoms with Crippen molar-refractivity contribution in [3.05, 3.63) is 0 Å². The molecule has 0 bridgehead atoms. The van der Waals surface area contributed by atoms with Crippen LogP contribution in [0.2, 0.25) is 0 Å². The molecule has 0 aliphatic rings. The Balaban J connectivity index is 0. The molecule has 0 heterocycles. The van der Waals surface area contributed by atoms with Crippen molar-refractivity contribution in [2.75, 3.05) is 39.3 Å². The second kappa shape index (κ2) is 18.8. The standard InChI is InChI=1S/C13H27NS2.C8H20N/c1-3-5-7-9-11-14(13(15)16)12-10-8-6-4-2;1-5-9(6-2,7-3)8-4/h3-12H2,1-2H3,(H,15,16);5-8H2,1-4H3/q;+1/p-1. The lowest BCUT2D eigenvalue weighted by Gasteiger charge is -2.34. The topological polar surface area (TPSA) is 3.24 Å². The molecule has 0 aromatic rings. The Morgan fingerprint density at radius 3 is 1.24 bits per heavy atom. The van der Waals surface area contributed by atoms with Crippen molar-refractivity contribution in [3.63, 3.8) is 0 Å². The van der Waals surface area contributed by atoms with E-state index in [-0.39, 0.29) is 0 Å². The lowest BCUT2D eigenvalue weighted by atomic mass is 10.2. The highest BCUT2D eigenvalue weighted by Gasteiger charge is 2.16. The number of nitrogens with zero attached hydrogens (tertiary/aromatic N) is 2. The summed E-state index contributed by atoms with van der Waals surface area (Å²) >= 11 is 10.2. The fourth-order valence-corrected chi connectivity index (χ4v) is 3.46. The average Bonchev–Trinajstić information content (AvgIpc) is 2.63. The summed E-state index contributed by atoms with van der Waals surface area (Å²) in [5.41, 5.74) is 0. The zero-order valence-electron chi connectivity index (χ0n) is 18.1.